The Labute approximate surface area is 188 Å². The van der Waals surface area contributed by atoms with Crippen LogP contribution in [0, 0.1) is 0 Å². The minimum atomic E-state index is 0.315. The molecular weight excluding hydrogens is 454 g/mol. The minimum absolute atomic E-state index is 0.315. The molecule has 0 aliphatic rings. The molecule has 0 aromatic heterocycles. The van der Waals surface area contributed by atoms with E-state index in [0.717, 1.165) is 16.8 Å². The minimum Gasteiger partial charge on any atom is -0.493 e. The van der Waals surface area contributed by atoms with E-state index < -0.39 is 0 Å². The number of hydrogen-bond donors (Lipinski definition) is 1. The van der Waals surface area contributed by atoms with Crippen LogP contribution in [0.15, 0.2) is 59.7 Å². The molecule has 1 N–H and O–H groups in total. The van der Waals surface area contributed by atoms with Gasteiger partial charge in [-0.2, -0.15) is 5.10 Å². The molecule has 0 saturated carbocycles. The number of methoxy groups -OCH3 is 1. The lowest BCUT2D eigenvalue weighted by atomic mass is 10.2. The van der Waals surface area contributed by atoms with E-state index in [1.54, 1.807) is 43.7 Å². The molecule has 0 atom stereocenters. The molecule has 0 aliphatic heterocycles. The SMILES string of the molecule is COc1ccc(C=NNc2ccc(Cl)c(Cl)c2)cc1OCc1ccc(Cl)c(Cl)c1. The van der Waals surface area contributed by atoms with E-state index >= 15 is 0 Å². The normalized spacial score (nSPS) is 10.9. The molecule has 0 unspecified atom stereocenters. The zero-order valence-electron chi connectivity index (χ0n) is 15.3. The van der Waals surface area contributed by atoms with Crippen molar-refractivity contribution in [1.82, 2.24) is 0 Å². The molecule has 0 saturated heterocycles. The lowest BCUT2D eigenvalue weighted by Crippen LogP contribution is -1.99. The van der Waals surface area contributed by atoms with E-state index in [4.69, 9.17) is 55.9 Å². The summed E-state index contributed by atoms with van der Waals surface area (Å²) in [5.74, 6) is 1.19. The standard InChI is InChI=1S/C21H16Cl4N2O2/c1-28-20-7-3-13(11-26-27-15-4-6-17(23)19(25)10-15)9-21(20)29-12-14-2-5-16(22)18(24)8-14/h2-11,27H,12H2,1H3. The van der Waals surface area contributed by atoms with Crippen LogP contribution in [0.3, 0.4) is 0 Å². The molecule has 0 fully saturated rings. The fourth-order valence-corrected chi connectivity index (χ4v) is 3.04. The molecule has 0 amide bonds. The van der Waals surface area contributed by atoms with Gasteiger partial charge in [0, 0.05) is 0 Å². The monoisotopic (exact) mass is 468 g/mol. The maximum Gasteiger partial charge on any atom is 0.162 e. The van der Waals surface area contributed by atoms with Crippen molar-refractivity contribution in [2.45, 2.75) is 6.61 Å². The number of anilines is 1. The Balaban J connectivity index is 1.70. The molecule has 3 rings (SSSR count). The van der Waals surface area contributed by atoms with Crippen LogP contribution >= 0.6 is 46.4 Å². The molecule has 3 aromatic carbocycles. The van der Waals surface area contributed by atoms with Crippen molar-refractivity contribution in [2.75, 3.05) is 12.5 Å². The second-order valence-corrected chi connectivity index (χ2v) is 7.58. The summed E-state index contributed by atoms with van der Waals surface area (Å²) in [7, 11) is 1.58. The van der Waals surface area contributed by atoms with Crippen molar-refractivity contribution >= 4 is 58.3 Å². The van der Waals surface area contributed by atoms with Crippen molar-refractivity contribution in [2.24, 2.45) is 5.10 Å². The zero-order chi connectivity index (χ0) is 20.8. The largest absolute Gasteiger partial charge is 0.493 e. The van der Waals surface area contributed by atoms with Crippen LogP contribution in [0.1, 0.15) is 11.1 Å². The average molecular weight is 470 g/mol. The molecule has 0 spiro atoms. The molecule has 3 aromatic rings. The van der Waals surface area contributed by atoms with Gasteiger partial charge in [0.15, 0.2) is 11.5 Å². The quantitative estimate of drug-likeness (QED) is 0.291. The van der Waals surface area contributed by atoms with Gasteiger partial charge in [0.05, 0.1) is 39.1 Å². The smallest absolute Gasteiger partial charge is 0.162 e. The van der Waals surface area contributed by atoms with Gasteiger partial charge in [0.1, 0.15) is 6.61 Å². The predicted molar refractivity (Wildman–Crippen MR) is 121 cm³/mol. The number of hydrogen-bond acceptors (Lipinski definition) is 4. The summed E-state index contributed by atoms with van der Waals surface area (Å²) in [6.45, 7) is 0.315. The number of ether oxygens (including phenoxy) is 2. The summed E-state index contributed by atoms with van der Waals surface area (Å²) in [5, 5.41) is 6.13. The summed E-state index contributed by atoms with van der Waals surface area (Å²) in [6.07, 6.45) is 1.66. The summed E-state index contributed by atoms with van der Waals surface area (Å²) in [6, 6.07) is 16.0. The van der Waals surface area contributed by atoms with Crippen LogP contribution < -0.4 is 14.9 Å². The lowest BCUT2D eigenvalue weighted by Gasteiger charge is -2.12. The van der Waals surface area contributed by atoms with Crippen molar-refractivity contribution in [3.63, 3.8) is 0 Å². The van der Waals surface area contributed by atoms with Gasteiger partial charge in [0.25, 0.3) is 0 Å². The van der Waals surface area contributed by atoms with Crippen LogP contribution in [0.25, 0.3) is 0 Å². The van der Waals surface area contributed by atoms with Gasteiger partial charge in [-0.1, -0.05) is 52.5 Å². The van der Waals surface area contributed by atoms with Gasteiger partial charge < -0.3 is 9.47 Å². The van der Waals surface area contributed by atoms with Crippen molar-refractivity contribution < 1.29 is 9.47 Å². The molecular formula is C21H16Cl4N2O2. The number of benzene rings is 3. The Hall–Kier alpha value is -2.11. The van der Waals surface area contributed by atoms with E-state index in [9.17, 15) is 0 Å². The lowest BCUT2D eigenvalue weighted by molar-refractivity contribution is 0.284. The number of nitrogens with zero attached hydrogens (tertiary/aromatic N) is 1. The Kier molecular flexibility index (Phi) is 7.51. The van der Waals surface area contributed by atoms with Gasteiger partial charge in [0.2, 0.25) is 0 Å². The molecule has 0 aliphatic carbocycles. The summed E-state index contributed by atoms with van der Waals surface area (Å²) < 4.78 is 11.3. The number of nitrogens with one attached hydrogen (secondary N) is 1. The van der Waals surface area contributed by atoms with Crippen LogP contribution in [-0.4, -0.2) is 13.3 Å². The predicted octanol–water partition coefficient (Wildman–Crippen LogP) is 7.33. The number of halogens is 4. The van der Waals surface area contributed by atoms with E-state index in [0.29, 0.717) is 38.2 Å². The fraction of sp³-hybridized carbons (Fsp3) is 0.0952. The highest BCUT2D eigenvalue weighted by atomic mass is 35.5. The van der Waals surface area contributed by atoms with E-state index in [1.165, 1.54) is 0 Å². The Bertz CT molecular complexity index is 1040. The zero-order valence-corrected chi connectivity index (χ0v) is 18.3. The molecule has 0 heterocycles. The summed E-state index contributed by atoms with van der Waals surface area (Å²) in [4.78, 5) is 0. The fourth-order valence-electron chi connectivity index (χ4n) is 2.42. The first kappa shape index (κ1) is 21.6. The van der Waals surface area contributed by atoms with Gasteiger partial charge in [-0.25, -0.2) is 0 Å². The summed E-state index contributed by atoms with van der Waals surface area (Å²) >= 11 is 23.9. The third-order valence-electron chi connectivity index (χ3n) is 3.89. The summed E-state index contributed by atoms with van der Waals surface area (Å²) in [5.41, 5.74) is 5.34. The maximum atomic E-state index is 6.05. The van der Waals surface area contributed by atoms with Crippen LogP contribution in [-0.2, 0) is 6.61 Å². The van der Waals surface area contributed by atoms with Crippen LogP contribution in [0.2, 0.25) is 20.1 Å². The Morgan fingerprint density at radius 3 is 2.24 bits per heavy atom. The molecule has 4 nitrogen and oxygen atoms in total. The highest BCUT2D eigenvalue weighted by molar-refractivity contribution is 6.42. The first-order valence-corrected chi connectivity index (χ1v) is 9.96. The first-order chi connectivity index (χ1) is 14.0. The second kappa shape index (κ2) is 10.1. The van der Waals surface area contributed by atoms with E-state index in [2.05, 4.69) is 10.5 Å². The molecule has 8 heteroatoms. The highest BCUT2D eigenvalue weighted by Gasteiger charge is 2.07. The van der Waals surface area contributed by atoms with Crippen molar-refractivity contribution in [3.05, 3.63) is 85.8 Å². The second-order valence-electron chi connectivity index (χ2n) is 5.95. The number of rotatable bonds is 7. The van der Waals surface area contributed by atoms with Gasteiger partial charge >= 0.3 is 0 Å². The third-order valence-corrected chi connectivity index (χ3v) is 5.37. The average Bonchev–Trinajstić information content (AvgIpc) is 2.71. The third kappa shape index (κ3) is 5.94. The first-order valence-electron chi connectivity index (χ1n) is 8.45. The highest BCUT2D eigenvalue weighted by Crippen LogP contribution is 2.30. The topological polar surface area (TPSA) is 42.8 Å². The maximum absolute atomic E-state index is 6.05. The van der Waals surface area contributed by atoms with Gasteiger partial charge in [-0.3, -0.25) is 5.43 Å². The van der Waals surface area contributed by atoms with Crippen LogP contribution in [0.4, 0.5) is 5.69 Å². The molecule has 0 bridgehead atoms. The van der Waals surface area contributed by atoms with Crippen molar-refractivity contribution in [1.29, 1.82) is 0 Å². The van der Waals surface area contributed by atoms with Gasteiger partial charge in [-0.15, -0.1) is 0 Å². The Morgan fingerprint density at radius 2 is 1.55 bits per heavy atom. The van der Waals surface area contributed by atoms with Crippen molar-refractivity contribution in [3.8, 4) is 11.5 Å². The molecule has 150 valence electrons. The molecule has 0 radical (unpaired) electrons. The molecule has 29 heavy (non-hydrogen) atoms. The van der Waals surface area contributed by atoms with E-state index in [-0.39, 0.29) is 0 Å². The number of hydrazone groups is 1. The van der Waals surface area contributed by atoms with Crippen LogP contribution in [0.5, 0.6) is 11.5 Å². The Morgan fingerprint density at radius 1 is 0.828 bits per heavy atom. The van der Waals surface area contributed by atoms with Gasteiger partial charge in [-0.05, 0) is 59.7 Å². The van der Waals surface area contributed by atoms with E-state index in [1.807, 2.05) is 24.3 Å².